The molecule has 144 valence electrons. The number of piperidine rings is 1. The molecule has 2 fully saturated rings. The van der Waals surface area contributed by atoms with Crippen LogP contribution in [0.3, 0.4) is 0 Å². The van der Waals surface area contributed by atoms with Crippen molar-refractivity contribution in [2.24, 2.45) is 11.3 Å². The van der Waals surface area contributed by atoms with Crippen molar-refractivity contribution >= 4 is 6.09 Å². The second kappa shape index (κ2) is 9.00. The molecule has 1 saturated heterocycles. The van der Waals surface area contributed by atoms with Gasteiger partial charge in [-0.1, -0.05) is 34.6 Å². The lowest BCUT2D eigenvalue weighted by molar-refractivity contribution is -0.176. The Hall–Kier alpha value is -0.870. The summed E-state index contributed by atoms with van der Waals surface area (Å²) in [6.07, 6.45) is 0.983. The van der Waals surface area contributed by atoms with Crippen LogP contribution in [0.1, 0.15) is 81.1 Å². The minimum Gasteiger partial charge on any atom is -0.444 e. The number of likely N-dealkylation sites (tertiary alicyclic amines) is 1. The van der Waals surface area contributed by atoms with Crippen LogP contribution >= 0.6 is 0 Å². The SMILES string of the molecule is CC.CC(C)(C)OC(=O)N1CCC2(CC1)CC(F)(F)C2.CC(C)C. The molecule has 1 aliphatic heterocycles. The van der Waals surface area contributed by atoms with Crippen LogP contribution in [0, 0.1) is 11.3 Å². The molecule has 0 unspecified atom stereocenters. The predicted octanol–water partition coefficient (Wildman–Crippen LogP) is 6.12. The Labute approximate surface area is 147 Å². The number of carbonyl (C=O) groups excluding carboxylic acids is 1. The van der Waals surface area contributed by atoms with Crippen molar-refractivity contribution in [3.63, 3.8) is 0 Å². The Kier molecular flexibility index (Phi) is 8.68. The number of nitrogens with zero attached hydrogens (tertiary/aromatic N) is 1. The van der Waals surface area contributed by atoms with E-state index in [0.717, 1.165) is 5.92 Å². The van der Waals surface area contributed by atoms with Gasteiger partial charge in [0.15, 0.2) is 0 Å². The van der Waals surface area contributed by atoms with Crippen LogP contribution in [0.15, 0.2) is 0 Å². The number of rotatable bonds is 0. The average Bonchev–Trinajstić information content (AvgIpc) is 2.36. The van der Waals surface area contributed by atoms with E-state index in [0.29, 0.717) is 25.9 Å². The Balaban J connectivity index is 0.000000773. The van der Waals surface area contributed by atoms with Gasteiger partial charge in [-0.05, 0) is 44.9 Å². The molecule has 5 heteroatoms. The van der Waals surface area contributed by atoms with Gasteiger partial charge in [0.25, 0.3) is 0 Å². The van der Waals surface area contributed by atoms with E-state index < -0.39 is 11.5 Å². The van der Waals surface area contributed by atoms with Crippen molar-refractivity contribution in [2.75, 3.05) is 13.1 Å². The molecule has 1 heterocycles. The summed E-state index contributed by atoms with van der Waals surface area (Å²) in [5.74, 6) is -1.64. The lowest BCUT2D eigenvalue weighted by Crippen LogP contribution is -2.53. The highest BCUT2D eigenvalue weighted by molar-refractivity contribution is 5.68. The predicted molar refractivity (Wildman–Crippen MR) is 95.5 cm³/mol. The highest BCUT2D eigenvalue weighted by atomic mass is 19.3. The van der Waals surface area contributed by atoms with Gasteiger partial charge >= 0.3 is 6.09 Å². The summed E-state index contributed by atoms with van der Waals surface area (Å²) in [4.78, 5) is 13.4. The standard InChI is InChI=1S/C13H21F2NO2.C4H10.C2H6/c1-11(2,3)18-10(17)16-6-4-12(5-7-16)8-13(14,15)9-12;1-4(2)3;1-2/h4-9H2,1-3H3;4H,1-3H3;1-2H3. The van der Waals surface area contributed by atoms with Crippen LogP contribution in [0.5, 0.6) is 0 Å². The second-order valence-corrected chi connectivity index (χ2v) is 8.41. The summed E-state index contributed by atoms with van der Waals surface area (Å²) in [5.41, 5.74) is -0.724. The van der Waals surface area contributed by atoms with Crippen molar-refractivity contribution < 1.29 is 18.3 Å². The van der Waals surface area contributed by atoms with E-state index in [9.17, 15) is 13.6 Å². The summed E-state index contributed by atoms with van der Waals surface area (Å²) >= 11 is 0. The molecule has 1 spiro atoms. The number of hydrogen-bond donors (Lipinski definition) is 0. The first-order chi connectivity index (χ1) is 10.8. The Morgan fingerprint density at radius 1 is 1.04 bits per heavy atom. The van der Waals surface area contributed by atoms with Crippen molar-refractivity contribution in [1.29, 1.82) is 0 Å². The number of halogens is 2. The van der Waals surface area contributed by atoms with E-state index in [-0.39, 0.29) is 24.3 Å². The van der Waals surface area contributed by atoms with Crippen LogP contribution in [0.25, 0.3) is 0 Å². The number of amides is 1. The van der Waals surface area contributed by atoms with Gasteiger partial charge in [-0.2, -0.15) is 0 Å². The molecule has 0 N–H and O–H groups in total. The molecule has 0 bridgehead atoms. The van der Waals surface area contributed by atoms with E-state index in [1.807, 2.05) is 34.6 Å². The normalized spacial score (nSPS) is 21.0. The fourth-order valence-electron chi connectivity index (χ4n) is 2.89. The third-order valence-corrected chi connectivity index (χ3v) is 3.74. The topological polar surface area (TPSA) is 29.5 Å². The van der Waals surface area contributed by atoms with Crippen LogP contribution in [-0.2, 0) is 4.74 Å². The maximum Gasteiger partial charge on any atom is 0.410 e. The Bertz CT molecular complexity index is 369. The molecule has 0 atom stereocenters. The quantitative estimate of drug-likeness (QED) is 0.527. The van der Waals surface area contributed by atoms with Gasteiger partial charge < -0.3 is 9.64 Å². The minimum absolute atomic E-state index is 0.0117. The molecule has 1 saturated carbocycles. The van der Waals surface area contributed by atoms with Gasteiger partial charge in [-0.25, -0.2) is 13.6 Å². The van der Waals surface area contributed by atoms with Gasteiger partial charge in [0.05, 0.1) is 0 Å². The van der Waals surface area contributed by atoms with E-state index in [1.165, 1.54) is 0 Å². The van der Waals surface area contributed by atoms with E-state index in [1.54, 1.807) is 4.90 Å². The molecule has 24 heavy (non-hydrogen) atoms. The molecule has 1 amide bonds. The zero-order valence-corrected chi connectivity index (χ0v) is 16.8. The van der Waals surface area contributed by atoms with Crippen LogP contribution < -0.4 is 0 Å². The molecule has 0 radical (unpaired) electrons. The van der Waals surface area contributed by atoms with Crippen LogP contribution in [0.4, 0.5) is 13.6 Å². The highest BCUT2D eigenvalue weighted by Crippen LogP contribution is 2.57. The van der Waals surface area contributed by atoms with Crippen molar-refractivity contribution in [1.82, 2.24) is 4.90 Å². The third kappa shape index (κ3) is 8.29. The number of ether oxygens (including phenoxy) is 1. The van der Waals surface area contributed by atoms with Crippen molar-refractivity contribution in [3.05, 3.63) is 0 Å². The lowest BCUT2D eigenvalue weighted by atomic mass is 9.61. The summed E-state index contributed by atoms with van der Waals surface area (Å²) in [7, 11) is 0. The van der Waals surface area contributed by atoms with Gasteiger partial charge in [-0.15, -0.1) is 0 Å². The summed E-state index contributed by atoms with van der Waals surface area (Å²) in [6.45, 7) is 17.0. The lowest BCUT2D eigenvalue weighted by Gasteiger charge is -2.51. The first-order valence-electron chi connectivity index (χ1n) is 9.20. The van der Waals surface area contributed by atoms with Gasteiger partial charge in [0, 0.05) is 25.9 Å². The minimum atomic E-state index is -2.48. The number of hydrogen-bond acceptors (Lipinski definition) is 2. The van der Waals surface area contributed by atoms with E-state index in [4.69, 9.17) is 4.74 Å². The third-order valence-electron chi connectivity index (χ3n) is 3.74. The zero-order chi connectivity index (χ0) is 19.2. The summed E-state index contributed by atoms with van der Waals surface area (Å²) in [5, 5.41) is 0. The van der Waals surface area contributed by atoms with Gasteiger partial charge in [0.2, 0.25) is 5.92 Å². The monoisotopic (exact) mass is 349 g/mol. The molecular weight excluding hydrogens is 312 g/mol. The fraction of sp³-hybridized carbons (Fsp3) is 0.947. The maximum atomic E-state index is 12.9. The van der Waals surface area contributed by atoms with Crippen molar-refractivity contribution in [3.8, 4) is 0 Å². The van der Waals surface area contributed by atoms with Gasteiger partial charge in [0.1, 0.15) is 5.60 Å². The smallest absolute Gasteiger partial charge is 0.410 e. The first kappa shape index (κ1) is 23.1. The molecule has 0 aromatic rings. The molecule has 0 aromatic heterocycles. The number of carbonyl (C=O) groups is 1. The van der Waals surface area contributed by atoms with Crippen LogP contribution in [0.2, 0.25) is 0 Å². The average molecular weight is 350 g/mol. The molecule has 2 aliphatic rings. The Morgan fingerprint density at radius 3 is 1.71 bits per heavy atom. The fourth-order valence-corrected chi connectivity index (χ4v) is 2.89. The Morgan fingerprint density at radius 2 is 1.42 bits per heavy atom. The summed E-state index contributed by atoms with van der Waals surface area (Å²) < 4.78 is 31.2. The van der Waals surface area contributed by atoms with E-state index >= 15 is 0 Å². The second-order valence-electron chi connectivity index (χ2n) is 8.41. The molecule has 2 rings (SSSR count). The molecule has 1 aliphatic carbocycles. The molecular formula is C19H37F2NO2. The molecule has 3 nitrogen and oxygen atoms in total. The number of alkyl halides is 2. The largest absolute Gasteiger partial charge is 0.444 e. The zero-order valence-electron chi connectivity index (χ0n) is 16.8. The van der Waals surface area contributed by atoms with E-state index in [2.05, 4.69) is 20.8 Å². The van der Waals surface area contributed by atoms with Crippen molar-refractivity contribution in [2.45, 2.75) is 92.6 Å². The molecule has 0 aromatic carbocycles. The summed E-state index contributed by atoms with van der Waals surface area (Å²) in [6, 6.07) is 0. The van der Waals surface area contributed by atoms with Gasteiger partial charge in [-0.3, -0.25) is 0 Å². The first-order valence-corrected chi connectivity index (χ1v) is 9.20. The maximum absolute atomic E-state index is 12.9. The van der Waals surface area contributed by atoms with Crippen LogP contribution in [-0.4, -0.2) is 35.6 Å². The highest BCUT2D eigenvalue weighted by Gasteiger charge is 2.57.